The highest BCUT2D eigenvalue weighted by Crippen LogP contribution is 2.38. The van der Waals surface area contributed by atoms with Gasteiger partial charge in [0.25, 0.3) is 5.91 Å². The van der Waals surface area contributed by atoms with Gasteiger partial charge in [-0.25, -0.2) is 0 Å². The van der Waals surface area contributed by atoms with Gasteiger partial charge < -0.3 is 14.1 Å². The Labute approximate surface area is 206 Å². The molecule has 1 aromatic heterocycles. The minimum absolute atomic E-state index is 0.138. The van der Waals surface area contributed by atoms with Crippen LogP contribution in [0.5, 0.6) is 5.75 Å². The minimum Gasteiger partial charge on any atom is -0.497 e. The highest BCUT2D eigenvalue weighted by atomic mass is 79.9. The number of carbonyl (C=O) groups excluding carboxylic acids is 1. The van der Waals surface area contributed by atoms with Crippen molar-refractivity contribution in [1.29, 1.82) is 0 Å². The summed E-state index contributed by atoms with van der Waals surface area (Å²) in [5.74, 6) is 0.670. The van der Waals surface area contributed by atoms with E-state index >= 15 is 0 Å². The molecule has 34 heavy (non-hydrogen) atoms. The van der Waals surface area contributed by atoms with Gasteiger partial charge in [0.1, 0.15) is 11.3 Å². The lowest BCUT2D eigenvalue weighted by Crippen LogP contribution is -2.31. The number of methoxy groups -OCH3 is 1. The van der Waals surface area contributed by atoms with E-state index in [1.807, 2.05) is 36.4 Å². The van der Waals surface area contributed by atoms with Crippen molar-refractivity contribution in [3.8, 4) is 5.75 Å². The average molecular weight is 518 g/mol. The normalized spacial score (nSPS) is 15.1. The highest BCUT2D eigenvalue weighted by molar-refractivity contribution is 9.10. The maximum absolute atomic E-state index is 13.6. The second-order valence-corrected chi connectivity index (χ2v) is 9.32. The first-order valence-corrected chi connectivity index (χ1v) is 12.1. The Morgan fingerprint density at radius 3 is 2.35 bits per heavy atom. The third-order valence-corrected chi connectivity index (χ3v) is 6.93. The molecule has 0 saturated carbocycles. The molecule has 2 heterocycles. The summed E-state index contributed by atoms with van der Waals surface area (Å²) in [7, 11) is 1.63. The number of aryl methyl sites for hydroxylation is 1. The van der Waals surface area contributed by atoms with E-state index in [1.54, 1.807) is 30.2 Å². The lowest BCUT2D eigenvalue weighted by molar-refractivity contribution is 0.0730. The quantitative estimate of drug-likeness (QED) is 0.318. The van der Waals surface area contributed by atoms with E-state index in [0.717, 1.165) is 27.8 Å². The number of benzene rings is 3. The van der Waals surface area contributed by atoms with Crippen LogP contribution in [0.1, 0.15) is 45.8 Å². The second-order valence-electron chi connectivity index (χ2n) is 8.41. The summed E-state index contributed by atoms with van der Waals surface area (Å²) in [6.07, 6.45) is 1.56. The van der Waals surface area contributed by atoms with Gasteiger partial charge in [-0.2, -0.15) is 0 Å². The van der Waals surface area contributed by atoms with Crippen molar-refractivity contribution in [2.75, 3.05) is 13.7 Å². The Bertz CT molecular complexity index is 1420. The number of ether oxygens (including phenoxy) is 1. The van der Waals surface area contributed by atoms with Crippen LogP contribution in [-0.2, 0) is 12.8 Å². The predicted molar refractivity (Wildman–Crippen MR) is 136 cm³/mol. The number of carbonyl (C=O) groups is 1. The Hall–Kier alpha value is -3.38. The number of hydrogen-bond acceptors (Lipinski definition) is 4. The fraction of sp³-hybridized carbons (Fsp3) is 0.214. The molecule has 0 aliphatic carbocycles. The SMILES string of the molecule is CCc1ccc(C2c3c(oc4ccc(Br)cc4c3=O)C(=O)N2CCc2ccc(OC)cc2)cc1. The Morgan fingerprint density at radius 1 is 0.971 bits per heavy atom. The van der Waals surface area contributed by atoms with Gasteiger partial charge in [0.15, 0.2) is 5.43 Å². The zero-order valence-corrected chi connectivity index (χ0v) is 20.6. The molecule has 5 nitrogen and oxygen atoms in total. The van der Waals surface area contributed by atoms with Crippen LogP contribution in [0.25, 0.3) is 11.0 Å². The maximum atomic E-state index is 13.6. The van der Waals surface area contributed by atoms with E-state index in [1.165, 1.54) is 5.56 Å². The summed E-state index contributed by atoms with van der Waals surface area (Å²) >= 11 is 3.44. The van der Waals surface area contributed by atoms with E-state index in [9.17, 15) is 9.59 Å². The third-order valence-electron chi connectivity index (χ3n) is 6.43. The van der Waals surface area contributed by atoms with E-state index in [4.69, 9.17) is 9.15 Å². The monoisotopic (exact) mass is 517 g/mol. The second kappa shape index (κ2) is 9.11. The first kappa shape index (κ1) is 22.4. The van der Waals surface area contributed by atoms with Crippen LogP contribution >= 0.6 is 15.9 Å². The topological polar surface area (TPSA) is 59.8 Å². The maximum Gasteiger partial charge on any atom is 0.290 e. The summed E-state index contributed by atoms with van der Waals surface area (Å²) in [5.41, 5.74) is 3.85. The zero-order valence-electron chi connectivity index (χ0n) is 19.0. The molecule has 5 rings (SSSR count). The van der Waals surface area contributed by atoms with Crippen molar-refractivity contribution < 1.29 is 13.9 Å². The number of nitrogens with zero attached hydrogens (tertiary/aromatic N) is 1. The van der Waals surface area contributed by atoms with E-state index in [2.05, 4.69) is 35.0 Å². The van der Waals surface area contributed by atoms with Crippen molar-refractivity contribution in [2.24, 2.45) is 0 Å². The molecule has 0 bridgehead atoms. The van der Waals surface area contributed by atoms with Crippen LogP contribution in [0.2, 0.25) is 0 Å². The summed E-state index contributed by atoms with van der Waals surface area (Å²) < 4.78 is 12.1. The summed E-state index contributed by atoms with van der Waals surface area (Å²) in [6, 6.07) is 20.7. The molecule has 1 aliphatic heterocycles. The van der Waals surface area contributed by atoms with Crippen molar-refractivity contribution in [2.45, 2.75) is 25.8 Å². The zero-order chi connectivity index (χ0) is 23.8. The van der Waals surface area contributed by atoms with Gasteiger partial charge in [0.05, 0.1) is 24.1 Å². The molecule has 1 unspecified atom stereocenters. The lowest BCUT2D eigenvalue weighted by Gasteiger charge is -2.25. The van der Waals surface area contributed by atoms with Gasteiger partial charge in [-0.1, -0.05) is 59.3 Å². The van der Waals surface area contributed by atoms with Crippen molar-refractivity contribution in [1.82, 2.24) is 4.90 Å². The number of rotatable bonds is 6. The van der Waals surface area contributed by atoms with E-state index in [-0.39, 0.29) is 17.1 Å². The van der Waals surface area contributed by atoms with Crippen LogP contribution in [0, 0.1) is 0 Å². The lowest BCUT2D eigenvalue weighted by atomic mass is 9.97. The molecule has 0 spiro atoms. The summed E-state index contributed by atoms with van der Waals surface area (Å²) in [5, 5.41) is 0.466. The number of fused-ring (bicyclic) bond motifs is 2. The number of hydrogen-bond donors (Lipinski definition) is 0. The smallest absolute Gasteiger partial charge is 0.290 e. The highest BCUT2D eigenvalue weighted by Gasteiger charge is 2.42. The molecule has 1 amide bonds. The largest absolute Gasteiger partial charge is 0.497 e. The van der Waals surface area contributed by atoms with Crippen molar-refractivity contribution in [3.05, 3.63) is 109 Å². The Kier molecular flexibility index (Phi) is 6.00. The fourth-order valence-corrected chi connectivity index (χ4v) is 4.91. The van der Waals surface area contributed by atoms with Gasteiger partial charge in [-0.05, 0) is 59.9 Å². The fourth-order valence-electron chi connectivity index (χ4n) is 4.55. The van der Waals surface area contributed by atoms with Gasteiger partial charge in [-0.3, -0.25) is 9.59 Å². The molecule has 0 fully saturated rings. The van der Waals surface area contributed by atoms with Crippen LogP contribution in [0.15, 0.2) is 80.4 Å². The van der Waals surface area contributed by atoms with Gasteiger partial charge in [0, 0.05) is 11.0 Å². The number of halogens is 1. The van der Waals surface area contributed by atoms with Gasteiger partial charge >= 0.3 is 0 Å². The summed E-state index contributed by atoms with van der Waals surface area (Å²) in [6.45, 7) is 2.55. The first-order valence-electron chi connectivity index (χ1n) is 11.3. The average Bonchev–Trinajstić information content (AvgIpc) is 3.15. The van der Waals surface area contributed by atoms with Crippen LogP contribution < -0.4 is 10.2 Å². The van der Waals surface area contributed by atoms with Crippen molar-refractivity contribution in [3.63, 3.8) is 0 Å². The molecule has 1 aliphatic rings. The molecule has 0 radical (unpaired) electrons. The van der Waals surface area contributed by atoms with Crippen molar-refractivity contribution >= 4 is 32.8 Å². The Morgan fingerprint density at radius 2 is 1.68 bits per heavy atom. The van der Waals surface area contributed by atoms with Gasteiger partial charge in [0.2, 0.25) is 5.76 Å². The molecule has 0 N–H and O–H groups in total. The predicted octanol–water partition coefficient (Wildman–Crippen LogP) is 5.91. The molecular formula is C28H24BrNO4. The molecule has 172 valence electrons. The van der Waals surface area contributed by atoms with E-state index < -0.39 is 6.04 Å². The molecule has 3 aromatic carbocycles. The molecule has 6 heteroatoms. The molecule has 4 aromatic rings. The molecular weight excluding hydrogens is 494 g/mol. The van der Waals surface area contributed by atoms with Crippen LogP contribution in [0.3, 0.4) is 0 Å². The number of amides is 1. The van der Waals surface area contributed by atoms with Crippen LogP contribution in [-0.4, -0.2) is 24.5 Å². The molecule has 1 atom stereocenters. The van der Waals surface area contributed by atoms with E-state index in [0.29, 0.717) is 29.5 Å². The summed E-state index contributed by atoms with van der Waals surface area (Å²) in [4.78, 5) is 29.0. The standard InChI is InChI=1S/C28H24BrNO4/c1-3-17-4-8-19(9-5-17)25-24-26(31)22-16-20(29)10-13-23(22)34-27(24)28(32)30(25)15-14-18-6-11-21(33-2)12-7-18/h4-13,16,25H,3,14-15H2,1-2H3. The third kappa shape index (κ3) is 3.92. The minimum atomic E-state index is -0.494. The Balaban J connectivity index is 1.59. The van der Waals surface area contributed by atoms with Crippen LogP contribution in [0.4, 0.5) is 0 Å². The first-order chi connectivity index (χ1) is 16.5. The molecule has 0 saturated heterocycles. The van der Waals surface area contributed by atoms with Gasteiger partial charge in [-0.15, -0.1) is 0 Å².